The van der Waals surface area contributed by atoms with Crippen molar-refractivity contribution in [2.75, 3.05) is 18.7 Å². The monoisotopic (exact) mass is 501 g/mol. The number of anilines is 1. The average Bonchev–Trinajstić information content (AvgIpc) is 3.35. The second-order valence-corrected chi connectivity index (χ2v) is 9.32. The van der Waals surface area contributed by atoms with Crippen molar-refractivity contribution in [3.8, 4) is 0 Å². The molecule has 2 heterocycles. The van der Waals surface area contributed by atoms with Gasteiger partial charge in [-0.2, -0.15) is 5.06 Å². The molecule has 2 aliphatic rings. The van der Waals surface area contributed by atoms with Crippen molar-refractivity contribution in [3.63, 3.8) is 0 Å². The van der Waals surface area contributed by atoms with Crippen LogP contribution >= 0.6 is 0 Å². The highest BCUT2D eigenvalue weighted by Gasteiger charge is 2.56. The number of rotatable bonds is 8. The predicted octanol–water partition coefficient (Wildman–Crippen LogP) is 0.680. The molecule has 12 nitrogen and oxygen atoms in total. The van der Waals surface area contributed by atoms with E-state index in [2.05, 4.69) is 10.6 Å². The number of benzene rings is 1. The summed E-state index contributed by atoms with van der Waals surface area (Å²) in [5.74, 6) is -3.42. The number of amides is 4. The summed E-state index contributed by atoms with van der Waals surface area (Å²) in [6.07, 6.45) is 0.612. The lowest BCUT2D eigenvalue weighted by Crippen LogP contribution is -2.67. The lowest BCUT2D eigenvalue weighted by atomic mass is 9.86. The van der Waals surface area contributed by atoms with Crippen LogP contribution in [0, 0.1) is 10.8 Å². The van der Waals surface area contributed by atoms with Crippen LogP contribution in [-0.2, 0) is 28.8 Å². The molecule has 2 saturated heterocycles. The minimum absolute atomic E-state index is 0.0691. The molecular formula is C24H31N5O7+. The van der Waals surface area contributed by atoms with Gasteiger partial charge in [-0.05, 0) is 37.8 Å². The second kappa shape index (κ2) is 10.9. The van der Waals surface area contributed by atoms with E-state index >= 15 is 0 Å². The van der Waals surface area contributed by atoms with Crippen LogP contribution in [0.25, 0.3) is 0 Å². The van der Waals surface area contributed by atoms with E-state index in [4.69, 9.17) is 4.84 Å². The standard InChI is InChI=1S/C24H31N5O7/c1-15(2)20(22(33)28(26-35)16-9-6-5-7-10-16)25-21(32)17-11-8-14-27(17)23(34)24(3)18(30)12-13-19(31)29(24)36-4/h5-7,9-10,15,17,20H,8,11-14H2,1-4H3,(H,25,32)/q+1/t17-,20-,24+/m0/s1. The van der Waals surface area contributed by atoms with Gasteiger partial charge in [0.25, 0.3) is 5.91 Å². The molecule has 3 rings (SSSR count). The van der Waals surface area contributed by atoms with Gasteiger partial charge in [0.1, 0.15) is 22.7 Å². The molecule has 3 atom stereocenters. The molecule has 0 aromatic heterocycles. The molecular weight excluding hydrogens is 470 g/mol. The molecule has 12 heteroatoms. The number of hydrogen-bond donors (Lipinski definition) is 1. The molecule has 0 spiro atoms. The van der Waals surface area contributed by atoms with E-state index in [1.807, 2.05) is 0 Å². The zero-order chi connectivity index (χ0) is 26.6. The van der Waals surface area contributed by atoms with E-state index in [0.717, 1.165) is 5.06 Å². The number of carbonyl (C=O) groups is 5. The Morgan fingerprint density at radius 1 is 1.17 bits per heavy atom. The lowest BCUT2D eigenvalue weighted by molar-refractivity contribution is -0.217. The van der Waals surface area contributed by atoms with Gasteiger partial charge in [-0.3, -0.25) is 28.8 Å². The zero-order valence-electron chi connectivity index (χ0n) is 20.8. The molecule has 1 radical (unpaired) electrons. The van der Waals surface area contributed by atoms with Crippen LogP contribution in [0.15, 0.2) is 30.3 Å². The molecule has 36 heavy (non-hydrogen) atoms. The molecule has 0 aliphatic carbocycles. The third-order valence-electron chi connectivity index (χ3n) is 6.68. The van der Waals surface area contributed by atoms with Crippen molar-refractivity contribution in [1.82, 2.24) is 20.6 Å². The largest absolute Gasteiger partial charge is 0.494 e. The summed E-state index contributed by atoms with van der Waals surface area (Å²) in [6, 6.07) is 6.03. The van der Waals surface area contributed by atoms with Crippen LogP contribution in [0.5, 0.6) is 0 Å². The number of carbonyl (C=O) groups excluding carboxylic acids is 5. The van der Waals surface area contributed by atoms with Gasteiger partial charge in [-0.1, -0.05) is 32.0 Å². The Hall–Kier alpha value is -3.67. The van der Waals surface area contributed by atoms with Crippen molar-refractivity contribution in [2.24, 2.45) is 5.92 Å². The number of piperidine rings is 1. The Labute approximate surface area is 208 Å². The first-order valence-corrected chi connectivity index (χ1v) is 11.8. The first kappa shape index (κ1) is 26.9. The number of hydroxylamine groups is 2. The van der Waals surface area contributed by atoms with E-state index in [1.54, 1.807) is 44.2 Å². The first-order chi connectivity index (χ1) is 17.1. The fraction of sp³-hybridized carbons (Fsp3) is 0.542. The van der Waals surface area contributed by atoms with Gasteiger partial charge < -0.3 is 10.2 Å². The van der Waals surface area contributed by atoms with Crippen molar-refractivity contribution in [3.05, 3.63) is 35.2 Å². The van der Waals surface area contributed by atoms with Gasteiger partial charge in [0.2, 0.25) is 17.4 Å². The number of likely N-dealkylation sites (tertiary alicyclic amines) is 1. The molecule has 0 saturated carbocycles. The Morgan fingerprint density at radius 3 is 2.42 bits per heavy atom. The summed E-state index contributed by atoms with van der Waals surface area (Å²) >= 11 is 0. The maximum atomic E-state index is 13.6. The van der Waals surface area contributed by atoms with Crippen LogP contribution in [0.1, 0.15) is 46.5 Å². The van der Waals surface area contributed by atoms with Gasteiger partial charge in [0.15, 0.2) is 5.78 Å². The number of nitrogens with one attached hydrogen (secondary N) is 1. The molecule has 0 unspecified atom stereocenters. The number of nitroso groups, excluding NO2 is 1. The van der Waals surface area contributed by atoms with Crippen molar-refractivity contribution < 1.29 is 28.8 Å². The highest BCUT2D eigenvalue weighted by Crippen LogP contribution is 2.31. The Morgan fingerprint density at radius 2 is 1.83 bits per heavy atom. The zero-order valence-corrected chi connectivity index (χ0v) is 20.8. The molecule has 2 aliphatic heterocycles. The molecule has 4 amide bonds. The van der Waals surface area contributed by atoms with E-state index in [0.29, 0.717) is 17.9 Å². The molecule has 1 aromatic carbocycles. The second-order valence-electron chi connectivity index (χ2n) is 9.32. The smallest absolute Gasteiger partial charge is 0.342 e. The van der Waals surface area contributed by atoms with E-state index in [-0.39, 0.29) is 25.1 Å². The molecule has 1 N–H and O–H groups in total. The van der Waals surface area contributed by atoms with Crippen LogP contribution in [0.2, 0.25) is 0 Å². The summed E-state index contributed by atoms with van der Waals surface area (Å²) in [5.41, 5.74) is -1.64. The number of ketones is 1. The third kappa shape index (κ3) is 4.85. The minimum Gasteiger partial charge on any atom is -0.342 e. The number of nitrogens with zero attached hydrogens (tertiary/aromatic N) is 4. The van der Waals surface area contributed by atoms with E-state index < -0.39 is 53.0 Å². The van der Waals surface area contributed by atoms with Crippen molar-refractivity contribution in [1.29, 1.82) is 0 Å². The molecule has 0 bridgehead atoms. The topological polar surface area (TPSA) is 148 Å². The van der Waals surface area contributed by atoms with Gasteiger partial charge in [-0.15, -0.1) is 0 Å². The SMILES string of the molecule is CON1C(=O)CCC(=O)[C@]1(C)C(=O)N1CCC[C@H]1C(=O)N[C@H](C(=O)N([N+]=O)c1ccccc1)C(C)C. The summed E-state index contributed by atoms with van der Waals surface area (Å²) in [6.45, 7) is 4.92. The normalized spacial score (nSPS) is 23.0. The van der Waals surface area contributed by atoms with Gasteiger partial charge in [0.05, 0.1) is 7.11 Å². The number of para-hydroxylation sites is 1. The van der Waals surface area contributed by atoms with Crippen LogP contribution < -0.4 is 15.6 Å². The van der Waals surface area contributed by atoms with Gasteiger partial charge in [-0.25, -0.2) is 0 Å². The van der Waals surface area contributed by atoms with E-state index in [1.165, 1.54) is 18.9 Å². The summed E-state index contributed by atoms with van der Waals surface area (Å²) < 4.78 is 0. The Bertz CT molecular complexity index is 1050. The summed E-state index contributed by atoms with van der Waals surface area (Å²) in [5, 5.41) is 6.98. The molecule has 2 fully saturated rings. The number of hydrogen-bond acceptors (Lipinski definition) is 8. The minimum atomic E-state index is -1.90. The molecule has 1 aromatic rings. The van der Waals surface area contributed by atoms with Gasteiger partial charge in [0, 0.05) is 24.4 Å². The fourth-order valence-corrected chi connectivity index (χ4v) is 4.66. The predicted molar refractivity (Wildman–Crippen MR) is 127 cm³/mol. The summed E-state index contributed by atoms with van der Waals surface area (Å²) in [7, 11) is 1.20. The van der Waals surface area contributed by atoms with Gasteiger partial charge >= 0.3 is 11.2 Å². The van der Waals surface area contributed by atoms with E-state index in [9.17, 15) is 28.9 Å². The maximum absolute atomic E-state index is 13.6. The highest BCUT2D eigenvalue weighted by molar-refractivity contribution is 6.15. The molecule has 193 valence electrons. The Kier molecular flexibility index (Phi) is 8.18. The maximum Gasteiger partial charge on any atom is 0.494 e. The number of Topliss-reactive ketones (excluding diaryl/α,β-unsaturated/α-hetero) is 1. The Balaban J connectivity index is 1.82. The van der Waals surface area contributed by atoms with Crippen molar-refractivity contribution in [2.45, 2.75) is 64.1 Å². The highest BCUT2D eigenvalue weighted by atomic mass is 16.7. The lowest BCUT2D eigenvalue weighted by Gasteiger charge is -2.42. The first-order valence-electron chi connectivity index (χ1n) is 11.8. The average molecular weight is 502 g/mol. The van der Waals surface area contributed by atoms with Crippen molar-refractivity contribution >= 4 is 35.1 Å². The van der Waals surface area contributed by atoms with Crippen LogP contribution in [0.4, 0.5) is 5.69 Å². The fourth-order valence-electron chi connectivity index (χ4n) is 4.66. The quantitative estimate of drug-likeness (QED) is 0.407. The van der Waals surface area contributed by atoms with Crippen LogP contribution in [0.3, 0.4) is 0 Å². The third-order valence-corrected chi connectivity index (χ3v) is 6.68. The van der Waals surface area contributed by atoms with Crippen LogP contribution in [-0.4, -0.2) is 70.7 Å². The summed E-state index contributed by atoms with van der Waals surface area (Å²) in [4.78, 5) is 83.1.